The van der Waals surface area contributed by atoms with Crippen molar-refractivity contribution in [3.63, 3.8) is 0 Å². The van der Waals surface area contributed by atoms with Gasteiger partial charge < -0.3 is 10.4 Å². The van der Waals surface area contributed by atoms with Crippen LogP contribution in [0, 0.1) is 5.92 Å². The number of carbonyl (C=O) groups excluding carboxylic acids is 1. The lowest BCUT2D eigenvalue weighted by Gasteiger charge is -2.17. The zero-order valence-electron chi connectivity index (χ0n) is 15.4. The van der Waals surface area contributed by atoms with E-state index in [0.717, 1.165) is 6.42 Å². The van der Waals surface area contributed by atoms with Crippen molar-refractivity contribution in [2.75, 3.05) is 6.54 Å². The van der Waals surface area contributed by atoms with E-state index in [0.29, 0.717) is 30.8 Å². The number of nitrogens with one attached hydrogen (secondary N) is 2. The SMILES string of the molecule is CC(C)[C@@H](NC(=O)CCCCCN=C1NS(=O)(=O)c2ccccc21)C(=O)O. The van der Waals surface area contributed by atoms with Gasteiger partial charge in [-0.2, -0.15) is 0 Å². The van der Waals surface area contributed by atoms with Gasteiger partial charge in [0.1, 0.15) is 11.9 Å². The lowest BCUT2D eigenvalue weighted by atomic mass is 10.0. The van der Waals surface area contributed by atoms with Crippen LogP contribution in [-0.2, 0) is 19.6 Å². The van der Waals surface area contributed by atoms with E-state index in [1.165, 1.54) is 0 Å². The molecule has 148 valence electrons. The molecule has 27 heavy (non-hydrogen) atoms. The predicted octanol–water partition coefficient (Wildman–Crippen LogP) is 1.51. The van der Waals surface area contributed by atoms with Crippen molar-refractivity contribution in [2.45, 2.75) is 50.5 Å². The number of carboxylic acids is 1. The summed E-state index contributed by atoms with van der Waals surface area (Å²) in [6.45, 7) is 3.93. The van der Waals surface area contributed by atoms with Gasteiger partial charge >= 0.3 is 5.97 Å². The Bertz CT molecular complexity index is 833. The van der Waals surface area contributed by atoms with Crippen LogP contribution in [0.3, 0.4) is 0 Å². The van der Waals surface area contributed by atoms with E-state index >= 15 is 0 Å². The number of hydrogen-bond donors (Lipinski definition) is 3. The number of sulfonamides is 1. The molecule has 0 aromatic heterocycles. The Hall–Kier alpha value is -2.42. The van der Waals surface area contributed by atoms with Crippen LogP contribution in [0.15, 0.2) is 34.2 Å². The van der Waals surface area contributed by atoms with Gasteiger partial charge in [0.25, 0.3) is 10.0 Å². The molecule has 1 atom stereocenters. The van der Waals surface area contributed by atoms with Crippen LogP contribution in [0.5, 0.6) is 0 Å². The van der Waals surface area contributed by atoms with Gasteiger partial charge in [-0.05, 0) is 30.9 Å². The molecule has 0 saturated heterocycles. The smallest absolute Gasteiger partial charge is 0.326 e. The molecule has 1 aliphatic rings. The molecule has 0 aliphatic carbocycles. The van der Waals surface area contributed by atoms with Gasteiger partial charge in [0.2, 0.25) is 5.91 Å². The number of hydrogen-bond acceptors (Lipinski definition) is 5. The van der Waals surface area contributed by atoms with E-state index in [9.17, 15) is 18.0 Å². The monoisotopic (exact) mass is 395 g/mol. The standard InChI is InChI=1S/C18H25N3O5S/c1-12(2)16(18(23)24)20-15(22)10-4-3-7-11-19-17-13-8-5-6-9-14(13)27(25,26)21-17/h5-6,8-9,12,16H,3-4,7,10-11H2,1-2H3,(H,19,21)(H,20,22)(H,23,24)/t16-/m1/s1. The molecule has 1 aromatic rings. The number of aliphatic carboxylic acids is 1. The van der Waals surface area contributed by atoms with Crippen LogP contribution < -0.4 is 10.0 Å². The van der Waals surface area contributed by atoms with E-state index in [4.69, 9.17) is 5.11 Å². The van der Waals surface area contributed by atoms with Gasteiger partial charge in [-0.1, -0.05) is 32.4 Å². The summed E-state index contributed by atoms with van der Waals surface area (Å²) >= 11 is 0. The second-order valence-corrected chi connectivity index (χ2v) is 8.42. The third-order valence-corrected chi connectivity index (χ3v) is 5.64. The highest BCUT2D eigenvalue weighted by atomic mass is 32.2. The van der Waals surface area contributed by atoms with E-state index in [1.807, 2.05) is 0 Å². The summed E-state index contributed by atoms with van der Waals surface area (Å²) in [6, 6.07) is 5.81. The number of benzene rings is 1. The summed E-state index contributed by atoms with van der Waals surface area (Å²) in [5, 5.41) is 11.6. The maximum absolute atomic E-state index is 12.0. The van der Waals surface area contributed by atoms with E-state index in [2.05, 4.69) is 15.0 Å². The first kappa shape index (κ1) is 20.9. The lowest BCUT2D eigenvalue weighted by Crippen LogP contribution is -2.44. The number of amides is 1. The first-order chi connectivity index (χ1) is 12.7. The zero-order chi connectivity index (χ0) is 20.0. The average molecular weight is 395 g/mol. The number of carbonyl (C=O) groups is 2. The molecule has 1 amide bonds. The number of fused-ring (bicyclic) bond motifs is 1. The van der Waals surface area contributed by atoms with Gasteiger partial charge in [-0.15, -0.1) is 0 Å². The molecule has 3 N–H and O–H groups in total. The fourth-order valence-electron chi connectivity index (χ4n) is 2.78. The van der Waals surface area contributed by atoms with Crippen molar-refractivity contribution < 1.29 is 23.1 Å². The molecule has 1 aromatic carbocycles. The van der Waals surface area contributed by atoms with Gasteiger partial charge in [-0.25, -0.2) is 13.2 Å². The highest BCUT2D eigenvalue weighted by Gasteiger charge is 2.29. The molecular weight excluding hydrogens is 370 g/mol. The number of nitrogens with zero attached hydrogens (tertiary/aromatic N) is 1. The van der Waals surface area contributed by atoms with Crippen LogP contribution in [0.1, 0.15) is 45.1 Å². The molecule has 9 heteroatoms. The number of carboxylic acid groups (broad SMARTS) is 1. The Morgan fingerprint density at radius 1 is 1.19 bits per heavy atom. The molecule has 1 aliphatic heterocycles. The first-order valence-corrected chi connectivity index (χ1v) is 10.4. The minimum atomic E-state index is -3.52. The molecule has 8 nitrogen and oxygen atoms in total. The number of rotatable bonds is 9. The summed E-state index contributed by atoms with van der Waals surface area (Å²) < 4.78 is 26.4. The molecule has 0 bridgehead atoms. The van der Waals surface area contributed by atoms with Crippen LogP contribution in [-0.4, -0.2) is 43.8 Å². The molecule has 0 fully saturated rings. The second kappa shape index (κ2) is 8.98. The topological polar surface area (TPSA) is 125 Å². The second-order valence-electron chi connectivity index (χ2n) is 6.77. The zero-order valence-corrected chi connectivity index (χ0v) is 16.3. The van der Waals surface area contributed by atoms with E-state index in [1.54, 1.807) is 38.1 Å². The molecule has 0 spiro atoms. The largest absolute Gasteiger partial charge is 0.480 e. The Morgan fingerprint density at radius 2 is 1.89 bits per heavy atom. The Labute approximate surface area is 159 Å². The fraction of sp³-hybridized carbons (Fsp3) is 0.500. The van der Waals surface area contributed by atoms with E-state index < -0.39 is 22.0 Å². The summed E-state index contributed by atoms with van der Waals surface area (Å²) in [6.07, 6.45) is 2.30. The Morgan fingerprint density at radius 3 is 2.56 bits per heavy atom. The van der Waals surface area contributed by atoms with Crippen molar-refractivity contribution >= 4 is 27.7 Å². The average Bonchev–Trinajstić information content (AvgIpc) is 2.86. The molecule has 1 heterocycles. The maximum atomic E-state index is 12.0. The molecule has 2 rings (SSSR count). The minimum absolute atomic E-state index is 0.180. The van der Waals surface area contributed by atoms with Gasteiger partial charge in [-0.3, -0.25) is 14.5 Å². The number of unbranched alkanes of at least 4 members (excludes halogenated alkanes) is 2. The highest BCUT2D eigenvalue weighted by molar-refractivity contribution is 7.90. The first-order valence-electron chi connectivity index (χ1n) is 8.91. The van der Waals surface area contributed by atoms with Gasteiger partial charge in [0.15, 0.2) is 0 Å². The number of amidine groups is 1. The van der Waals surface area contributed by atoms with Crippen LogP contribution >= 0.6 is 0 Å². The van der Waals surface area contributed by atoms with Crippen LogP contribution in [0.2, 0.25) is 0 Å². The third-order valence-electron chi connectivity index (χ3n) is 4.24. The highest BCUT2D eigenvalue weighted by Crippen LogP contribution is 2.22. The normalized spacial score (nSPS) is 17.4. The predicted molar refractivity (Wildman–Crippen MR) is 101 cm³/mol. The lowest BCUT2D eigenvalue weighted by molar-refractivity contribution is -0.143. The summed E-state index contributed by atoms with van der Waals surface area (Å²) in [5.74, 6) is -1.14. The third kappa shape index (κ3) is 5.53. The van der Waals surface area contributed by atoms with Crippen molar-refractivity contribution in [1.29, 1.82) is 0 Å². The molecular formula is C18H25N3O5S. The fourth-order valence-corrected chi connectivity index (χ4v) is 4.03. The molecule has 0 saturated carbocycles. The van der Waals surface area contributed by atoms with Crippen molar-refractivity contribution in [2.24, 2.45) is 10.9 Å². The number of aliphatic imine (C=N–C) groups is 1. The quantitative estimate of drug-likeness (QED) is 0.547. The Balaban J connectivity index is 1.75. The van der Waals surface area contributed by atoms with Gasteiger partial charge in [0.05, 0.1) is 4.90 Å². The van der Waals surface area contributed by atoms with Crippen molar-refractivity contribution in [3.8, 4) is 0 Å². The summed E-state index contributed by atoms with van der Waals surface area (Å²) in [4.78, 5) is 27.5. The molecule has 0 radical (unpaired) electrons. The minimum Gasteiger partial charge on any atom is -0.480 e. The van der Waals surface area contributed by atoms with Crippen LogP contribution in [0.25, 0.3) is 0 Å². The summed E-state index contributed by atoms with van der Waals surface area (Å²) in [5.41, 5.74) is 0.574. The molecule has 0 unspecified atom stereocenters. The van der Waals surface area contributed by atoms with Crippen molar-refractivity contribution in [3.05, 3.63) is 29.8 Å². The van der Waals surface area contributed by atoms with Gasteiger partial charge in [0, 0.05) is 18.5 Å². The Kier molecular flexibility index (Phi) is 6.95. The van der Waals surface area contributed by atoms with Crippen LogP contribution in [0.4, 0.5) is 0 Å². The maximum Gasteiger partial charge on any atom is 0.326 e. The van der Waals surface area contributed by atoms with E-state index in [-0.39, 0.29) is 23.1 Å². The van der Waals surface area contributed by atoms with Crippen molar-refractivity contribution in [1.82, 2.24) is 10.0 Å². The summed E-state index contributed by atoms with van der Waals surface area (Å²) in [7, 11) is -3.52.